The third-order valence-electron chi connectivity index (χ3n) is 6.35. The largest absolute Gasteiger partial charge is 0.378 e. The normalized spacial score (nSPS) is 16.2. The molecule has 0 spiro atoms. The van der Waals surface area contributed by atoms with E-state index >= 15 is 0 Å². The third-order valence-corrected chi connectivity index (χ3v) is 6.35. The number of hydrogen-bond acceptors (Lipinski definition) is 3. The highest BCUT2D eigenvalue weighted by molar-refractivity contribution is 5.42. The molecule has 1 saturated heterocycles. The molecule has 162 valence electrons. The van der Waals surface area contributed by atoms with Crippen LogP contribution in [0.15, 0.2) is 84.9 Å². The molecule has 0 amide bonds. The Balaban J connectivity index is 1.83. The van der Waals surface area contributed by atoms with Gasteiger partial charge in [-0.05, 0) is 55.1 Å². The average molecular weight is 416 g/mol. The van der Waals surface area contributed by atoms with Gasteiger partial charge in [-0.1, -0.05) is 91.3 Å². The summed E-state index contributed by atoms with van der Waals surface area (Å²) >= 11 is 0. The summed E-state index contributed by atoms with van der Waals surface area (Å²) in [4.78, 5) is 2.47. The lowest BCUT2D eigenvalue weighted by atomic mass is 9.76. The van der Waals surface area contributed by atoms with Crippen molar-refractivity contribution in [3.8, 4) is 0 Å². The fraction of sp³-hybridized carbons (Fsp3) is 0.357. The number of aliphatic hydroxyl groups is 1. The van der Waals surface area contributed by atoms with Gasteiger partial charge in [0.2, 0.25) is 0 Å². The van der Waals surface area contributed by atoms with Crippen molar-refractivity contribution < 1.29 is 9.84 Å². The zero-order valence-corrected chi connectivity index (χ0v) is 18.4. The molecule has 1 heterocycles. The third kappa shape index (κ3) is 4.74. The molecule has 3 aromatic rings. The van der Waals surface area contributed by atoms with Crippen LogP contribution >= 0.6 is 0 Å². The van der Waals surface area contributed by atoms with Crippen LogP contribution in [0.2, 0.25) is 0 Å². The molecule has 3 nitrogen and oxygen atoms in total. The number of ether oxygens (including phenoxy) is 1. The van der Waals surface area contributed by atoms with Crippen molar-refractivity contribution in [2.75, 3.05) is 19.7 Å². The number of piperidine rings is 1. The summed E-state index contributed by atoms with van der Waals surface area (Å²) in [5.74, 6) is 0. The van der Waals surface area contributed by atoms with Crippen LogP contribution in [0.25, 0.3) is 0 Å². The maximum atomic E-state index is 12.6. The van der Waals surface area contributed by atoms with Crippen LogP contribution < -0.4 is 0 Å². The standard InChI is InChI=1S/C28H33NO2/c1-2-31-22-23-16-18-24(19-17-23)27(29-20-10-5-11-21-29)28(30,25-12-6-3-7-13-25)26-14-8-4-9-15-26/h3-4,6-9,12-19,27,30H,2,5,10-11,20-22H2,1H3/t27-/m1/s1. The van der Waals surface area contributed by atoms with E-state index in [1.807, 2.05) is 67.6 Å². The Morgan fingerprint density at radius 1 is 0.806 bits per heavy atom. The van der Waals surface area contributed by atoms with E-state index in [-0.39, 0.29) is 6.04 Å². The van der Waals surface area contributed by atoms with Crippen LogP contribution in [0, 0.1) is 0 Å². The monoisotopic (exact) mass is 415 g/mol. The number of hydrogen-bond donors (Lipinski definition) is 1. The highest BCUT2D eigenvalue weighted by Gasteiger charge is 2.44. The SMILES string of the molecule is CCOCc1ccc([C@@H](N2CCCCC2)C(O)(c2ccccc2)c2ccccc2)cc1. The molecule has 0 radical (unpaired) electrons. The summed E-state index contributed by atoms with van der Waals surface area (Å²) in [7, 11) is 0. The Labute approximate surface area is 186 Å². The zero-order chi connectivity index (χ0) is 21.5. The van der Waals surface area contributed by atoms with Crippen molar-refractivity contribution in [2.45, 2.75) is 44.4 Å². The molecule has 4 rings (SSSR count). The van der Waals surface area contributed by atoms with Crippen molar-refractivity contribution in [2.24, 2.45) is 0 Å². The maximum absolute atomic E-state index is 12.6. The number of benzene rings is 3. The van der Waals surface area contributed by atoms with Crippen molar-refractivity contribution in [3.05, 3.63) is 107 Å². The summed E-state index contributed by atoms with van der Waals surface area (Å²) in [5, 5.41) is 12.6. The molecule has 0 aromatic heterocycles. The van der Waals surface area contributed by atoms with Crippen LogP contribution in [0.1, 0.15) is 54.5 Å². The predicted molar refractivity (Wildman–Crippen MR) is 126 cm³/mol. The second-order valence-corrected chi connectivity index (χ2v) is 8.38. The van der Waals surface area contributed by atoms with Gasteiger partial charge in [-0.25, -0.2) is 0 Å². The number of likely N-dealkylation sites (tertiary alicyclic amines) is 1. The fourth-order valence-corrected chi connectivity index (χ4v) is 4.78. The first-order valence-corrected chi connectivity index (χ1v) is 11.5. The summed E-state index contributed by atoms with van der Waals surface area (Å²) in [6.45, 7) is 5.33. The van der Waals surface area contributed by atoms with Crippen LogP contribution in [-0.4, -0.2) is 29.7 Å². The molecule has 1 aliphatic rings. The second kappa shape index (κ2) is 10.2. The zero-order valence-electron chi connectivity index (χ0n) is 18.4. The minimum atomic E-state index is -1.15. The van der Waals surface area contributed by atoms with Crippen molar-refractivity contribution in [3.63, 3.8) is 0 Å². The van der Waals surface area contributed by atoms with Gasteiger partial charge in [-0.15, -0.1) is 0 Å². The summed E-state index contributed by atoms with van der Waals surface area (Å²) < 4.78 is 5.58. The molecule has 0 bridgehead atoms. The molecule has 1 fully saturated rings. The van der Waals surface area contributed by atoms with E-state index < -0.39 is 5.60 Å². The minimum absolute atomic E-state index is 0.168. The Kier molecular flexibility index (Phi) is 7.18. The maximum Gasteiger partial charge on any atom is 0.134 e. The Morgan fingerprint density at radius 2 is 1.35 bits per heavy atom. The lowest BCUT2D eigenvalue weighted by Gasteiger charge is -2.45. The summed E-state index contributed by atoms with van der Waals surface area (Å²) in [6.07, 6.45) is 3.59. The summed E-state index contributed by atoms with van der Waals surface area (Å²) in [5.41, 5.74) is 3.00. The lowest BCUT2D eigenvalue weighted by Crippen LogP contribution is -2.47. The van der Waals surface area contributed by atoms with Crippen LogP contribution in [0.4, 0.5) is 0 Å². The van der Waals surface area contributed by atoms with Gasteiger partial charge >= 0.3 is 0 Å². The first-order chi connectivity index (χ1) is 15.2. The highest BCUT2D eigenvalue weighted by atomic mass is 16.5. The molecule has 3 heteroatoms. The van der Waals surface area contributed by atoms with Gasteiger partial charge < -0.3 is 9.84 Å². The van der Waals surface area contributed by atoms with Gasteiger partial charge in [0.25, 0.3) is 0 Å². The molecule has 1 aliphatic heterocycles. The van der Waals surface area contributed by atoms with E-state index in [2.05, 4.69) is 29.2 Å². The summed E-state index contributed by atoms with van der Waals surface area (Å²) in [6, 6.07) is 28.7. The van der Waals surface area contributed by atoms with Gasteiger partial charge in [-0.3, -0.25) is 4.90 Å². The van der Waals surface area contributed by atoms with E-state index in [1.165, 1.54) is 19.3 Å². The fourth-order valence-electron chi connectivity index (χ4n) is 4.78. The first kappa shape index (κ1) is 21.8. The smallest absolute Gasteiger partial charge is 0.134 e. The van der Waals surface area contributed by atoms with Crippen molar-refractivity contribution in [1.82, 2.24) is 4.90 Å². The van der Waals surface area contributed by atoms with E-state index in [0.29, 0.717) is 13.2 Å². The minimum Gasteiger partial charge on any atom is -0.378 e. The second-order valence-electron chi connectivity index (χ2n) is 8.38. The van der Waals surface area contributed by atoms with Crippen molar-refractivity contribution in [1.29, 1.82) is 0 Å². The van der Waals surface area contributed by atoms with Gasteiger partial charge in [0, 0.05) is 6.61 Å². The first-order valence-electron chi connectivity index (χ1n) is 11.5. The number of nitrogens with zero attached hydrogens (tertiary/aromatic N) is 1. The molecular formula is C28H33NO2. The van der Waals surface area contributed by atoms with Crippen molar-refractivity contribution >= 4 is 0 Å². The Hall–Kier alpha value is -2.46. The van der Waals surface area contributed by atoms with Gasteiger partial charge in [0.1, 0.15) is 5.60 Å². The molecule has 1 N–H and O–H groups in total. The predicted octanol–water partition coefficient (Wildman–Crippen LogP) is 5.69. The van der Waals surface area contributed by atoms with Crippen LogP contribution in [-0.2, 0) is 16.9 Å². The molecule has 0 unspecified atom stereocenters. The van der Waals surface area contributed by atoms with Gasteiger partial charge in [0.15, 0.2) is 0 Å². The Morgan fingerprint density at radius 3 is 1.87 bits per heavy atom. The van der Waals surface area contributed by atoms with E-state index in [0.717, 1.165) is 35.3 Å². The van der Waals surface area contributed by atoms with E-state index in [4.69, 9.17) is 4.74 Å². The molecule has 3 aromatic carbocycles. The highest BCUT2D eigenvalue weighted by Crippen LogP contribution is 2.45. The molecule has 31 heavy (non-hydrogen) atoms. The van der Waals surface area contributed by atoms with Crippen LogP contribution in [0.3, 0.4) is 0 Å². The lowest BCUT2D eigenvalue weighted by molar-refractivity contribution is -0.0299. The molecule has 0 saturated carbocycles. The average Bonchev–Trinajstić information content (AvgIpc) is 2.85. The topological polar surface area (TPSA) is 32.7 Å². The van der Waals surface area contributed by atoms with Gasteiger partial charge in [0.05, 0.1) is 12.6 Å². The molecule has 1 atom stereocenters. The van der Waals surface area contributed by atoms with Gasteiger partial charge in [-0.2, -0.15) is 0 Å². The molecular weight excluding hydrogens is 382 g/mol. The number of rotatable bonds is 8. The van der Waals surface area contributed by atoms with E-state index in [9.17, 15) is 5.11 Å². The quantitative estimate of drug-likeness (QED) is 0.513. The van der Waals surface area contributed by atoms with Crippen LogP contribution in [0.5, 0.6) is 0 Å². The molecule has 0 aliphatic carbocycles. The Bertz CT molecular complexity index is 879. The van der Waals surface area contributed by atoms with E-state index in [1.54, 1.807) is 0 Å².